The predicted octanol–water partition coefficient (Wildman–Crippen LogP) is 3.50. The summed E-state index contributed by atoms with van der Waals surface area (Å²) in [5.74, 6) is -1.45. The number of rotatable bonds is 8. The first-order valence-electron chi connectivity index (χ1n) is 11.4. The molecule has 0 saturated carbocycles. The van der Waals surface area contributed by atoms with Gasteiger partial charge in [0.1, 0.15) is 11.6 Å². The third kappa shape index (κ3) is 7.84. The molecule has 1 fully saturated rings. The van der Waals surface area contributed by atoms with Crippen molar-refractivity contribution < 1.29 is 18.3 Å². The van der Waals surface area contributed by atoms with Crippen LogP contribution in [0.15, 0.2) is 59.4 Å². The number of hydrogen-bond acceptors (Lipinski definition) is 5. The largest absolute Gasteiger partial charge is 0.379 e. The average molecular weight is 520 g/mol. The van der Waals surface area contributed by atoms with E-state index in [0.29, 0.717) is 12.2 Å². The standard InChI is InChI=1S/C25H27F2N5O3.ClH/c26-20-14-19(15-21(27)16-20)23-5-6-24(33)32(30-23)17-18-3-1-4-22(13-18)29-25(34)28-7-2-8-31-9-11-35-12-10-31;/h1,3-6,13-16H,2,7-12,17H2,(H2,28,29,34);1H. The number of urea groups is 1. The summed E-state index contributed by atoms with van der Waals surface area (Å²) in [5.41, 5.74) is 1.45. The van der Waals surface area contributed by atoms with Gasteiger partial charge in [-0.3, -0.25) is 9.69 Å². The van der Waals surface area contributed by atoms with Crippen molar-refractivity contribution in [2.45, 2.75) is 13.0 Å². The van der Waals surface area contributed by atoms with Gasteiger partial charge < -0.3 is 15.4 Å². The molecule has 4 rings (SSSR count). The minimum Gasteiger partial charge on any atom is -0.379 e. The van der Waals surface area contributed by atoms with Crippen LogP contribution in [0.5, 0.6) is 0 Å². The van der Waals surface area contributed by atoms with E-state index in [0.717, 1.165) is 63.0 Å². The van der Waals surface area contributed by atoms with Gasteiger partial charge in [0.25, 0.3) is 5.56 Å². The highest BCUT2D eigenvalue weighted by atomic mass is 35.5. The fourth-order valence-electron chi connectivity index (χ4n) is 3.84. The monoisotopic (exact) mass is 519 g/mol. The van der Waals surface area contributed by atoms with Crippen LogP contribution >= 0.6 is 12.4 Å². The summed E-state index contributed by atoms with van der Waals surface area (Å²) in [6.07, 6.45) is 0.841. The molecule has 1 aliphatic heterocycles. The third-order valence-electron chi connectivity index (χ3n) is 5.58. The Morgan fingerprint density at radius 1 is 1.03 bits per heavy atom. The van der Waals surface area contributed by atoms with Gasteiger partial charge in [0.05, 0.1) is 25.5 Å². The molecule has 2 heterocycles. The number of morpholine rings is 1. The fourth-order valence-corrected chi connectivity index (χ4v) is 3.84. The fraction of sp³-hybridized carbons (Fsp3) is 0.320. The van der Waals surface area contributed by atoms with Gasteiger partial charge in [-0.05, 0) is 48.9 Å². The van der Waals surface area contributed by atoms with Crippen LogP contribution in [0.1, 0.15) is 12.0 Å². The number of aromatic nitrogens is 2. The second-order valence-corrected chi connectivity index (χ2v) is 8.26. The maximum atomic E-state index is 13.6. The smallest absolute Gasteiger partial charge is 0.319 e. The van der Waals surface area contributed by atoms with Crippen molar-refractivity contribution in [1.29, 1.82) is 0 Å². The molecule has 8 nitrogen and oxygen atoms in total. The maximum Gasteiger partial charge on any atom is 0.319 e. The molecule has 1 saturated heterocycles. The van der Waals surface area contributed by atoms with E-state index in [1.54, 1.807) is 24.3 Å². The highest BCUT2D eigenvalue weighted by Gasteiger charge is 2.11. The molecule has 2 aromatic carbocycles. The normalized spacial score (nSPS) is 13.6. The van der Waals surface area contributed by atoms with E-state index in [9.17, 15) is 18.4 Å². The maximum absolute atomic E-state index is 13.6. The summed E-state index contributed by atoms with van der Waals surface area (Å²) in [7, 11) is 0. The Kier molecular flexibility index (Phi) is 9.92. The van der Waals surface area contributed by atoms with Crippen molar-refractivity contribution in [3.63, 3.8) is 0 Å². The van der Waals surface area contributed by atoms with Gasteiger partial charge in [-0.15, -0.1) is 12.4 Å². The van der Waals surface area contributed by atoms with E-state index in [-0.39, 0.29) is 41.8 Å². The number of anilines is 1. The predicted molar refractivity (Wildman–Crippen MR) is 136 cm³/mol. The Balaban J connectivity index is 0.00000361. The molecule has 0 radical (unpaired) electrons. The lowest BCUT2D eigenvalue weighted by molar-refractivity contribution is 0.0375. The van der Waals surface area contributed by atoms with Crippen molar-refractivity contribution in [1.82, 2.24) is 20.0 Å². The summed E-state index contributed by atoms with van der Waals surface area (Å²) in [6.45, 7) is 4.91. The first kappa shape index (κ1) is 27.3. The molecular weight excluding hydrogens is 492 g/mol. The average Bonchev–Trinajstić information content (AvgIpc) is 2.83. The van der Waals surface area contributed by atoms with Crippen LogP contribution in [0.3, 0.4) is 0 Å². The molecule has 11 heteroatoms. The number of hydrogen-bond donors (Lipinski definition) is 2. The highest BCUT2D eigenvalue weighted by Crippen LogP contribution is 2.19. The Morgan fingerprint density at radius 3 is 2.53 bits per heavy atom. The van der Waals surface area contributed by atoms with Crippen molar-refractivity contribution >= 4 is 24.1 Å². The minimum atomic E-state index is -0.724. The van der Waals surface area contributed by atoms with Crippen LogP contribution in [-0.2, 0) is 11.3 Å². The Labute approximate surface area is 213 Å². The van der Waals surface area contributed by atoms with Crippen molar-refractivity contribution in [3.05, 3.63) is 82.1 Å². The Morgan fingerprint density at radius 2 is 1.78 bits per heavy atom. The quantitative estimate of drug-likeness (QED) is 0.445. The van der Waals surface area contributed by atoms with Crippen molar-refractivity contribution in [3.8, 4) is 11.3 Å². The van der Waals surface area contributed by atoms with Crippen LogP contribution < -0.4 is 16.2 Å². The molecule has 192 valence electrons. The van der Waals surface area contributed by atoms with Gasteiger partial charge in [-0.1, -0.05) is 12.1 Å². The summed E-state index contributed by atoms with van der Waals surface area (Å²) in [5, 5.41) is 9.90. The zero-order valence-corrected chi connectivity index (χ0v) is 20.4. The van der Waals surface area contributed by atoms with Gasteiger partial charge in [-0.25, -0.2) is 18.3 Å². The number of ether oxygens (including phenoxy) is 1. The van der Waals surface area contributed by atoms with Gasteiger partial charge in [0.2, 0.25) is 0 Å². The minimum absolute atomic E-state index is 0. The van der Waals surface area contributed by atoms with Gasteiger partial charge in [0, 0.05) is 43.0 Å². The second-order valence-electron chi connectivity index (χ2n) is 8.26. The molecule has 1 aromatic heterocycles. The zero-order valence-electron chi connectivity index (χ0n) is 19.6. The summed E-state index contributed by atoms with van der Waals surface area (Å²) >= 11 is 0. The summed E-state index contributed by atoms with van der Waals surface area (Å²) in [4.78, 5) is 26.9. The third-order valence-corrected chi connectivity index (χ3v) is 5.58. The molecule has 0 bridgehead atoms. The van der Waals surface area contributed by atoms with Crippen molar-refractivity contribution in [2.75, 3.05) is 44.7 Å². The molecule has 0 spiro atoms. The number of amides is 2. The molecule has 0 atom stereocenters. The van der Waals surface area contributed by atoms with Crippen LogP contribution in [0.25, 0.3) is 11.3 Å². The van der Waals surface area contributed by atoms with E-state index < -0.39 is 11.6 Å². The topological polar surface area (TPSA) is 88.5 Å². The first-order valence-corrected chi connectivity index (χ1v) is 11.4. The number of benzene rings is 2. The van der Waals surface area contributed by atoms with Crippen LogP contribution in [0.4, 0.5) is 19.3 Å². The molecule has 1 aliphatic rings. The lowest BCUT2D eigenvalue weighted by Gasteiger charge is -2.26. The molecule has 2 amide bonds. The van der Waals surface area contributed by atoms with Crippen LogP contribution in [-0.4, -0.2) is 60.1 Å². The summed E-state index contributed by atoms with van der Waals surface area (Å²) < 4.78 is 33.7. The summed E-state index contributed by atoms with van der Waals surface area (Å²) in [6, 6.07) is 12.6. The van der Waals surface area contributed by atoms with E-state index in [1.165, 1.54) is 16.8 Å². The lowest BCUT2D eigenvalue weighted by Crippen LogP contribution is -2.38. The van der Waals surface area contributed by atoms with E-state index in [2.05, 4.69) is 20.6 Å². The van der Waals surface area contributed by atoms with Gasteiger partial charge in [-0.2, -0.15) is 5.10 Å². The number of nitrogens with zero attached hydrogens (tertiary/aromatic N) is 3. The van der Waals surface area contributed by atoms with Gasteiger partial charge >= 0.3 is 6.03 Å². The second kappa shape index (κ2) is 13.1. The van der Waals surface area contributed by atoms with Crippen molar-refractivity contribution in [2.24, 2.45) is 0 Å². The zero-order chi connectivity index (χ0) is 24.6. The number of halogens is 3. The number of carbonyl (C=O) groups excluding carboxylic acids is 1. The molecule has 3 aromatic rings. The number of carbonyl (C=O) groups is 1. The molecule has 2 N–H and O–H groups in total. The van der Waals surface area contributed by atoms with Crippen LogP contribution in [0, 0.1) is 11.6 Å². The molecule has 0 unspecified atom stereocenters. The van der Waals surface area contributed by atoms with E-state index in [1.807, 2.05) is 0 Å². The Bertz CT molecular complexity index is 1210. The molecular formula is C25H28ClF2N5O3. The Hall–Kier alpha value is -3.34. The lowest BCUT2D eigenvalue weighted by atomic mass is 10.1. The SMILES string of the molecule is Cl.O=C(NCCCN1CCOCC1)Nc1cccc(Cn2nc(-c3cc(F)cc(F)c3)ccc2=O)c1. The molecule has 36 heavy (non-hydrogen) atoms. The van der Waals surface area contributed by atoms with Gasteiger partial charge in [0.15, 0.2) is 0 Å². The molecule has 0 aliphatic carbocycles. The highest BCUT2D eigenvalue weighted by molar-refractivity contribution is 5.89. The van der Waals surface area contributed by atoms with E-state index >= 15 is 0 Å². The first-order chi connectivity index (χ1) is 17.0. The van der Waals surface area contributed by atoms with Crippen LogP contribution in [0.2, 0.25) is 0 Å². The number of nitrogens with one attached hydrogen (secondary N) is 2. The van der Waals surface area contributed by atoms with E-state index in [4.69, 9.17) is 4.74 Å².